The van der Waals surface area contributed by atoms with Crippen LogP contribution in [0, 0.1) is 0 Å². The Bertz CT molecular complexity index is 2200. The SMILES string of the molecule is CC/C=C\C/C=C\C/C=C\C/C=C\C/C=C\C/C=C\C/C=C\CCCCCCCCCCCCCCCC(=O)OC(COC(=O)CCCCCCCCCCCCCCCCCCCCCC/C=C\C/C=C\C/C=C\C/C=C\C/C=C\C/C=C\CC)COC(OCC[N+](C)(C)C)C(=O)O. The van der Waals surface area contributed by atoms with Gasteiger partial charge in [-0.15, -0.1) is 0 Å². The van der Waals surface area contributed by atoms with Gasteiger partial charge in [-0.3, -0.25) is 9.59 Å². The zero-order valence-electron chi connectivity index (χ0n) is 64.6. The Hall–Kier alpha value is -5.09. The largest absolute Gasteiger partial charge is 0.477 e. The van der Waals surface area contributed by atoms with E-state index in [0.717, 1.165) is 122 Å². The lowest BCUT2D eigenvalue weighted by atomic mass is 10.0. The maximum atomic E-state index is 13.0. The van der Waals surface area contributed by atoms with E-state index >= 15 is 0 Å². The molecule has 564 valence electrons. The second-order valence-electron chi connectivity index (χ2n) is 28.0. The lowest BCUT2D eigenvalue weighted by Gasteiger charge is -2.25. The van der Waals surface area contributed by atoms with Crippen LogP contribution in [0.4, 0.5) is 0 Å². The van der Waals surface area contributed by atoms with E-state index in [1.165, 1.54) is 180 Å². The first-order chi connectivity index (χ1) is 48.6. The van der Waals surface area contributed by atoms with E-state index in [0.29, 0.717) is 23.9 Å². The van der Waals surface area contributed by atoms with Gasteiger partial charge in [-0.05, 0) is 122 Å². The minimum Gasteiger partial charge on any atom is -0.477 e. The number of ether oxygens (including phenoxy) is 4. The van der Waals surface area contributed by atoms with Gasteiger partial charge in [-0.2, -0.15) is 0 Å². The highest BCUT2D eigenvalue weighted by molar-refractivity contribution is 5.71. The van der Waals surface area contributed by atoms with Crippen LogP contribution in [0.5, 0.6) is 0 Å². The second-order valence-corrected chi connectivity index (χ2v) is 28.0. The van der Waals surface area contributed by atoms with Crippen LogP contribution >= 0.6 is 0 Å². The van der Waals surface area contributed by atoms with E-state index in [-0.39, 0.29) is 32.2 Å². The van der Waals surface area contributed by atoms with Gasteiger partial charge < -0.3 is 28.5 Å². The Morgan fingerprint density at radius 2 is 0.545 bits per heavy atom. The number of aliphatic carboxylic acids is 1. The number of likely N-dealkylation sites (N-methyl/N-ethyl adjacent to an activating group) is 1. The zero-order valence-corrected chi connectivity index (χ0v) is 64.6. The molecule has 99 heavy (non-hydrogen) atoms. The molecule has 9 heteroatoms. The minimum absolute atomic E-state index is 0.183. The highest BCUT2D eigenvalue weighted by atomic mass is 16.7. The van der Waals surface area contributed by atoms with Crippen molar-refractivity contribution >= 4 is 17.9 Å². The predicted octanol–water partition coefficient (Wildman–Crippen LogP) is 26.4. The molecule has 0 aromatic rings. The number of rotatable bonds is 74. The van der Waals surface area contributed by atoms with E-state index < -0.39 is 24.3 Å². The molecule has 0 saturated carbocycles. The number of carbonyl (C=O) groups excluding carboxylic acids is 2. The second kappa shape index (κ2) is 78.6. The average molecular weight is 1380 g/mol. The number of unbranched alkanes of at least 4 members (excludes halogenated alkanes) is 33. The van der Waals surface area contributed by atoms with Crippen molar-refractivity contribution in [2.45, 2.75) is 347 Å². The Kier molecular flexibility index (Phi) is 74.6. The molecule has 2 atom stereocenters. The molecule has 2 unspecified atom stereocenters. The molecule has 9 nitrogen and oxygen atoms in total. The van der Waals surface area contributed by atoms with Crippen LogP contribution in [0.1, 0.15) is 335 Å². The van der Waals surface area contributed by atoms with E-state index in [1.807, 2.05) is 21.1 Å². The molecule has 0 aliphatic heterocycles. The minimum atomic E-state index is -1.52. The van der Waals surface area contributed by atoms with Crippen LogP contribution in [0.3, 0.4) is 0 Å². The van der Waals surface area contributed by atoms with Gasteiger partial charge in [0.25, 0.3) is 6.29 Å². The number of hydrogen-bond donors (Lipinski definition) is 1. The molecule has 1 N–H and O–H groups in total. The van der Waals surface area contributed by atoms with Crippen LogP contribution in [-0.2, 0) is 33.3 Å². The highest BCUT2D eigenvalue weighted by Gasteiger charge is 2.25. The average Bonchev–Trinajstić information content (AvgIpc) is 1.16. The Labute approximate surface area is 610 Å². The molecule has 0 spiro atoms. The summed E-state index contributed by atoms with van der Waals surface area (Å²) in [6, 6.07) is 0. The van der Waals surface area contributed by atoms with Crippen molar-refractivity contribution in [3.05, 3.63) is 158 Å². The summed E-state index contributed by atoms with van der Waals surface area (Å²) in [6.07, 6.45) is 114. The molecule has 0 aromatic heterocycles. The third-order valence-electron chi connectivity index (χ3n) is 17.3. The molecule has 0 aromatic carbocycles. The molecule has 0 amide bonds. The summed E-state index contributed by atoms with van der Waals surface area (Å²) in [5, 5.41) is 9.78. The van der Waals surface area contributed by atoms with Gasteiger partial charge in [0.1, 0.15) is 13.2 Å². The molecule has 0 radical (unpaired) electrons. The van der Waals surface area contributed by atoms with Crippen LogP contribution in [0.25, 0.3) is 0 Å². The molecule has 0 heterocycles. The molecule has 0 rings (SSSR count). The maximum absolute atomic E-state index is 13.0. The van der Waals surface area contributed by atoms with Crippen LogP contribution < -0.4 is 0 Å². The number of quaternary nitrogens is 1. The normalized spacial score (nSPS) is 13.5. The molecule has 0 saturated heterocycles. The maximum Gasteiger partial charge on any atom is 0.361 e. The topological polar surface area (TPSA) is 108 Å². The first-order valence-corrected chi connectivity index (χ1v) is 40.6. The molecule has 0 fully saturated rings. The van der Waals surface area contributed by atoms with Gasteiger partial charge in [-0.1, -0.05) is 358 Å². The Balaban J connectivity index is 4.03. The van der Waals surface area contributed by atoms with Crippen molar-refractivity contribution in [3.63, 3.8) is 0 Å². The third kappa shape index (κ3) is 80.1. The van der Waals surface area contributed by atoms with Gasteiger partial charge in [0.05, 0.1) is 34.4 Å². The number of carbonyl (C=O) groups is 3. The quantitative estimate of drug-likeness (QED) is 0.0211. The van der Waals surface area contributed by atoms with Gasteiger partial charge in [0.2, 0.25) is 0 Å². The van der Waals surface area contributed by atoms with E-state index in [1.54, 1.807) is 0 Å². The number of carboxylic acids is 1. The van der Waals surface area contributed by atoms with Gasteiger partial charge in [-0.25, -0.2) is 4.79 Å². The van der Waals surface area contributed by atoms with Crippen molar-refractivity contribution in [2.24, 2.45) is 0 Å². The van der Waals surface area contributed by atoms with E-state index in [9.17, 15) is 19.5 Å². The summed E-state index contributed by atoms with van der Waals surface area (Å²) in [4.78, 5) is 37.8. The van der Waals surface area contributed by atoms with Gasteiger partial charge in [0, 0.05) is 12.8 Å². The zero-order chi connectivity index (χ0) is 71.8. The van der Waals surface area contributed by atoms with Crippen molar-refractivity contribution < 1.29 is 42.9 Å². The summed E-state index contributed by atoms with van der Waals surface area (Å²) in [5.74, 6) is -2.00. The lowest BCUT2D eigenvalue weighted by Crippen LogP contribution is -2.40. The van der Waals surface area contributed by atoms with Crippen molar-refractivity contribution in [1.82, 2.24) is 0 Å². The summed E-state index contributed by atoms with van der Waals surface area (Å²) in [6.45, 7) is 4.67. The fourth-order valence-corrected chi connectivity index (χ4v) is 11.2. The van der Waals surface area contributed by atoms with Crippen LogP contribution in [0.2, 0.25) is 0 Å². The monoisotopic (exact) mass is 1380 g/mol. The molecule has 0 aliphatic carbocycles. The smallest absolute Gasteiger partial charge is 0.361 e. The fraction of sp³-hybridized carbons (Fsp3) is 0.678. The lowest BCUT2D eigenvalue weighted by molar-refractivity contribution is -0.870. The number of esters is 2. The predicted molar refractivity (Wildman–Crippen MR) is 428 cm³/mol. The number of carboxylic acid groups (broad SMARTS) is 1. The summed E-state index contributed by atoms with van der Waals surface area (Å²) < 4.78 is 23.1. The number of allylic oxidation sites excluding steroid dienone is 26. The fourth-order valence-electron chi connectivity index (χ4n) is 11.2. The number of hydrogen-bond acceptors (Lipinski definition) is 7. The van der Waals surface area contributed by atoms with Gasteiger partial charge in [0.15, 0.2) is 6.10 Å². The highest BCUT2D eigenvalue weighted by Crippen LogP contribution is 2.18. The van der Waals surface area contributed by atoms with Crippen molar-refractivity contribution in [2.75, 3.05) is 47.5 Å². The summed E-state index contributed by atoms with van der Waals surface area (Å²) in [5.41, 5.74) is 0. The summed E-state index contributed by atoms with van der Waals surface area (Å²) in [7, 11) is 5.98. The third-order valence-corrected chi connectivity index (χ3v) is 17.3. The molecular weight excluding hydrogens is 1220 g/mol. The first-order valence-electron chi connectivity index (χ1n) is 40.6. The summed E-state index contributed by atoms with van der Waals surface area (Å²) >= 11 is 0. The van der Waals surface area contributed by atoms with Crippen LogP contribution in [-0.4, -0.2) is 87.4 Å². The van der Waals surface area contributed by atoms with Crippen molar-refractivity contribution in [1.29, 1.82) is 0 Å². The first kappa shape index (κ1) is 93.9. The number of nitrogens with zero attached hydrogens (tertiary/aromatic N) is 1. The van der Waals surface area contributed by atoms with Crippen LogP contribution in [0.15, 0.2) is 158 Å². The van der Waals surface area contributed by atoms with Gasteiger partial charge >= 0.3 is 17.9 Å². The standard InChI is InChI=1S/C90H151NO8/c1-6-8-10-12-14-16-18-20-22-24-26-28-30-32-34-36-38-40-42-43-44-45-47-48-50-52-54-56-58-60-62-64-66-68-70-72-74-76-78-80-87(92)97-84-86(85-98-90(89(94)95)96-83-82-91(3,4)5)99-88(93)81-79-77-75-73-71-69-67-65-63-61-59-57-55-53-51-49-46-41-39-37-35-33-31-29-27-25-23-21-19-17-15-13-11-9-7-2/h8-11,14-17,20-23,26-29,32-35,38-41,49,51,86,90H,6-7,12-13,18-19,24-25,30-31,36-37,42-48,50,52-85H2,1-5H3/p+1/b10-8-,11-9-,16-14-,17-15-,22-20-,23-21-,28-26-,29-27-,34-32-,35-33-,40-38-,41-39-,51-49-. The van der Waals surface area contributed by atoms with E-state index in [4.69, 9.17) is 18.9 Å². The molecular formula is C90H152NO8+. The Morgan fingerprint density at radius 1 is 0.303 bits per heavy atom. The Morgan fingerprint density at radius 3 is 0.808 bits per heavy atom. The molecule has 0 aliphatic rings. The van der Waals surface area contributed by atoms with E-state index in [2.05, 4.69) is 172 Å². The molecule has 0 bridgehead atoms. The van der Waals surface area contributed by atoms with Crippen molar-refractivity contribution in [3.8, 4) is 0 Å².